The molecule has 0 unspecified atom stereocenters. The largest absolute Gasteiger partial charge is 0.289 e. The third-order valence-corrected chi connectivity index (χ3v) is 3.44. The molecule has 0 spiro atoms. The molecule has 1 heteroatoms. The van der Waals surface area contributed by atoms with Crippen molar-refractivity contribution in [1.29, 1.82) is 0 Å². The second-order valence-corrected chi connectivity index (χ2v) is 6.22. The molecular weight excluding hydrogens is 220 g/mol. The number of carbonyl (C=O) groups is 1. The monoisotopic (exact) mass is 246 g/mol. The summed E-state index contributed by atoms with van der Waals surface area (Å²) in [4.78, 5) is 12.7. The van der Waals surface area contributed by atoms with Crippen LogP contribution in [-0.2, 0) is 4.79 Å². The van der Waals surface area contributed by atoms with Gasteiger partial charge >= 0.3 is 0 Å². The van der Waals surface area contributed by atoms with E-state index in [1.54, 1.807) is 0 Å². The van der Waals surface area contributed by atoms with Gasteiger partial charge in [0.25, 0.3) is 0 Å². The van der Waals surface area contributed by atoms with Crippen LogP contribution in [0.5, 0.6) is 0 Å². The summed E-state index contributed by atoms with van der Waals surface area (Å²) in [6.07, 6.45) is 0. The molecule has 0 aromatic carbocycles. The lowest BCUT2D eigenvalue weighted by molar-refractivity contribution is -0.112. The number of rotatable bonds is 2. The van der Waals surface area contributed by atoms with Crippen LogP contribution >= 0.6 is 0 Å². The topological polar surface area (TPSA) is 17.1 Å². The molecule has 1 rings (SSSR count). The van der Waals surface area contributed by atoms with Crippen molar-refractivity contribution < 1.29 is 4.79 Å². The lowest BCUT2D eigenvalue weighted by Crippen LogP contribution is -2.07. The quantitative estimate of drug-likeness (QED) is 0.636. The van der Waals surface area contributed by atoms with Crippen LogP contribution in [-0.4, -0.2) is 5.78 Å². The smallest absolute Gasteiger partial charge is 0.190 e. The maximum Gasteiger partial charge on any atom is 0.190 e. The van der Waals surface area contributed by atoms with Gasteiger partial charge in [0.1, 0.15) is 0 Å². The highest BCUT2D eigenvalue weighted by Gasteiger charge is 2.36. The highest BCUT2D eigenvalue weighted by molar-refractivity contribution is 6.17. The van der Waals surface area contributed by atoms with Crippen molar-refractivity contribution in [3.05, 3.63) is 33.4 Å². The van der Waals surface area contributed by atoms with Crippen LogP contribution in [0.4, 0.5) is 0 Å². The lowest BCUT2D eigenvalue weighted by Gasteiger charge is -2.15. The molecule has 0 heterocycles. The van der Waals surface area contributed by atoms with E-state index in [9.17, 15) is 4.79 Å². The third-order valence-electron chi connectivity index (χ3n) is 3.44. The van der Waals surface area contributed by atoms with Crippen LogP contribution in [0.15, 0.2) is 33.4 Å². The molecule has 0 atom stereocenters. The van der Waals surface area contributed by atoms with Gasteiger partial charge in [0.15, 0.2) is 5.78 Å². The highest BCUT2D eigenvalue weighted by atomic mass is 16.1. The lowest BCUT2D eigenvalue weighted by atomic mass is 9.89. The number of hydrogen-bond donors (Lipinski definition) is 0. The first-order valence-electron chi connectivity index (χ1n) is 6.84. The summed E-state index contributed by atoms with van der Waals surface area (Å²) in [5, 5.41) is 0. The first-order valence-corrected chi connectivity index (χ1v) is 6.84. The van der Waals surface area contributed by atoms with E-state index in [2.05, 4.69) is 41.5 Å². The molecule has 1 aliphatic rings. The number of ketones is 1. The molecule has 0 aliphatic heterocycles. The summed E-state index contributed by atoms with van der Waals surface area (Å²) in [5.74, 6) is 0.944. The highest BCUT2D eigenvalue weighted by Crippen LogP contribution is 2.43. The van der Waals surface area contributed by atoms with Gasteiger partial charge in [-0.3, -0.25) is 4.79 Å². The Morgan fingerprint density at radius 1 is 0.722 bits per heavy atom. The van der Waals surface area contributed by atoms with E-state index in [-0.39, 0.29) is 5.78 Å². The van der Waals surface area contributed by atoms with Gasteiger partial charge in [-0.1, -0.05) is 38.8 Å². The van der Waals surface area contributed by atoms with Crippen molar-refractivity contribution in [3.63, 3.8) is 0 Å². The van der Waals surface area contributed by atoms with Crippen LogP contribution in [0.3, 0.4) is 0 Å². The molecule has 0 amide bonds. The van der Waals surface area contributed by atoms with Gasteiger partial charge in [-0.2, -0.15) is 0 Å². The summed E-state index contributed by atoms with van der Waals surface area (Å²) >= 11 is 0. The molecule has 18 heavy (non-hydrogen) atoms. The molecule has 0 saturated heterocycles. The maximum absolute atomic E-state index is 12.7. The minimum atomic E-state index is 0.255. The average molecular weight is 246 g/mol. The van der Waals surface area contributed by atoms with E-state index in [1.807, 2.05) is 13.8 Å². The number of allylic oxidation sites excluding steroid dienone is 6. The van der Waals surface area contributed by atoms with E-state index in [1.165, 1.54) is 16.7 Å². The Kier molecular flexibility index (Phi) is 4.37. The molecule has 1 aliphatic carbocycles. The SMILES string of the molecule is CC(C)=C1C(=O)C(C(C)C)=C(C(C)C)C1=C(C)C. The minimum absolute atomic E-state index is 0.255. The Morgan fingerprint density at radius 2 is 1.11 bits per heavy atom. The standard InChI is InChI=1S/C17H26O/c1-9(2)13-14(10(3)4)16(12(7)8)17(18)15(13)11(5)6/h9,11H,1-8H3. The van der Waals surface area contributed by atoms with Gasteiger partial charge < -0.3 is 0 Å². The Labute approximate surface area is 112 Å². The van der Waals surface area contributed by atoms with Crippen LogP contribution < -0.4 is 0 Å². The molecule has 100 valence electrons. The fourth-order valence-corrected chi connectivity index (χ4v) is 2.81. The van der Waals surface area contributed by atoms with Gasteiger partial charge in [0.2, 0.25) is 0 Å². The summed E-state index contributed by atoms with van der Waals surface area (Å²) < 4.78 is 0. The normalized spacial score (nSPS) is 16.4. The molecular formula is C17H26O. The first kappa shape index (κ1) is 14.9. The van der Waals surface area contributed by atoms with Gasteiger partial charge in [-0.05, 0) is 50.7 Å². The van der Waals surface area contributed by atoms with Crippen molar-refractivity contribution in [3.8, 4) is 0 Å². The van der Waals surface area contributed by atoms with E-state index < -0.39 is 0 Å². The summed E-state index contributed by atoms with van der Waals surface area (Å²) in [6.45, 7) is 16.9. The van der Waals surface area contributed by atoms with Crippen LogP contribution in [0.2, 0.25) is 0 Å². The molecule has 1 nitrogen and oxygen atoms in total. The van der Waals surface area contributed by atoms with Gasteiger partial charge in [-0.25, -0.2) is 0 Å². The molecule has 0 aromatic rings. The Hall–Kier alpha value is -1.11. The second kappa shape index (κ2) is 5.26. The van der Waals surface area contributed by atoms with Crippen molar-refractivity contribution in [2.75, 3.05) is 0 Å². The van der Waals surface area contributed by atoms with Crippen LogP contribution in [0.1, 0.15) is 55.4 Å². The predicted octanol–water partition coefficient (Wildman–Crippen LogP) is 4.85. The number of carbonyl (C=O) groups excluding carboxylic acids is 1. The minimum Gasteiger partial charge on any atom is -0.289 e. The molecule has 0 bridgehead atoms. The summed E-state index contributed by atoms with van der Waals surface area (Å²) in [6, 6.07) is 0. The Morgan fingerprint density at radius 3 is 1.39 bits per heavy atom. The maximum atomic E-state index is 12.7. The van der Waals surface area contributed by atoms with E-state index in [0.29, 0.717) is 11.8 Å². The fourth-order valence-electron chi connectivity index (χ4n) is 2.81. The van der Waals surface area contributed by atoms with Gasteiger partial charge in [-0.15, -0.1) is 0 Å². The molecule has 0 radical (unpaired) electrons. The molecule has 0 N–H and O–H groups in total. The Bertz CT molecular complexity index is 460. The second-order valence-electron chi connectivity index (χ2n) is 6.22. The predicted molar refractivity (Wildman–Crippen MR) is 78.5 cm³/mol. The average Bonchev–Trinajstić information content (AvgIpc) is 2.51. The van der Waals surface area contributed by atoms with Gasteiger partial charge in [0.05, 0.1) is 0 Å². The van der Waals surface area contributed by atoms with E-state index in [0.717, 1.165) is 16.7 Å². The van der Waals surface area contributed by atoms with Crippen LogP contribution in [0, 0.1) is 11.8 Å². The van der Waals surface area contributed by atoms with Gasteiger partial charge in [0, 0.05) is 11.1 Å². The molecule has 0 saturated carbocycles. The van der Waals surface area contributed by atoms with Crippen molar-refractivity contribution in [2.24, 2.45) is 11.8 Å². The fraction of sp³-hybridized carbons (Fsp3) is 0.588. The van der Waals surface area contributed by atoms with E-state index in [4.69, 9.17) is 0 Å². The third kappa shape index (κ3) is 2.36. The number of Topliss-reactive ketones (excluding diaryl/α,β-unsaturated/α-hetero) is 1. The number of hydrogen-bond acceptors (Lipinski definition) is 1. The molecule has 0 aromatic heterocycles. The summed E-state index contributed by atoms with van der Waals surface area (Å²) in [7, 11) is 0. The van der Waals surface area contributed by atoms with Crippen LogP contribution in [0.25, 0.3) is 0 Å². The Balaban J connectivity index is 3.69. The summed E-state index contributed by atoms with van der Waals surface area (Å²) in [5.41, 5.74) is 6.83. The van der Waals surface area contributed by atoms with E-state index >= 15 is 0 Å². The van der Waals surface area contributed by atoms with Crippen molar-refractivity contribution >= 4 is 5.78 Å². The zero-order valence-electron chi connectivity index (χ0n) is 13.1. The zero-order chi connectivity index (χ0) is 14.2. The van der Waals surface area contributed by atoms with Crippen molar-refractivity contribution in [2.45, 2.75) is 55.4 Å². The first-order chi connectivity index (χ1) is 8.20. The molecule has 0 fully saturated rings. The zero-order valence-corrected chi connectivity index (χ0v) is 13.1. The van der Waals surface area contributed by atoms with Crippen molar-refractivity contribution in [1.82, 2.24) is 0 Å².